The molecule has 0 fully saturated rings. The van der Waals surface area contributed by atoms with Crippen LogP contribution >= 0.6 is 11.6 Å². The molecule has 0 aromatic heterocycles. The van der Waals surface area contributed by atoms with E-state index in [-0.39, 0.29) is 0 Å². The van der Waals surface area contributed by atoms with Gasteiger partial charge in [-0.2, -0.15) is 0 Å². The Balaban J connectivity index is 2.33. The van der Waals surface area contributed by atoms with Gasteiger partial charge in [-0.3, -0.25) is 0 Å². The van der Waals surface area contributed by atoms with Crippen LogP contribution in [0.15, 0.2) is 18.2 Å². The number of rotatable bonds is 12. The molecule has 0 unspecified atom stereocenters. The molecule has 0 bridgehead atoms. The highest BCUT2D eigenvalue weighted by molar-refractivity contribution is 6.17. The van der Waals surface area contributed by atoms with E-state index in [4.69, 9.17) is 21.1 Å². The molecule has 3 heteroatoms. The molecular formula is C18H29ClO2. The number of hydrogen-bond acceptors (Lipinski definition) is 2. The van der Waals surface area contributed by atoms with Crippen molar-refractivity contribution in [2.24, 2.45) is 0 Å². The van der Waals surface area contributed by atoms with Crippen molar-refractivity contribution in [1.29, 1.82) is 0 Å². The number of unbranched alkanes of at least 4 members (excludes halogenated alkanes) is 6. The number of benzene rings is 1. The summed E-state index contributed by atoms with van der Waals surface area (Å²) in [7, 11) is 0. The summed E-state index contributed by atoms with van der Waals surface area (Å²) in [6.07, 6.45) is 9.00. The maximum Gasteiger partial charge on any atom is 0.165 e. The molecule has 0 spiro atoms. The minimum absolute atomic E-state index is 0.452. The van der Waals surface area contributed by atoms with Gasteiger partial charge in [0.15, 0.2) is 11.5 Å². The Hall–Kier alpha value is -0.890. The number of hydrogen-bond donors (Lipinski definition) is 0. The zero-order valence-corrected chi connectivity index (χ0v) is 14.3. The molecule has 0 atom stereocenters. The molecule has 0 radical (unpaired) electrons. The summed E-state index contributed by atoms with van der Waals surface area (Å²) >= 11 is 5.98. The molecule has 1 rings (SSSR count). The van der Waals surface area contributed by atoms with Crippen LogP contribution in [0.5, 0.6) is 11.5 Å². The Morgan fingerprint density at radius 2 is 1.62 bits per heavy atom. The summed E-state index contributed by atoms with van der Waals surface area (Å²) in [5.74, 6) is 2.08. The van der Waals surface area contributed by atoms with Gasteiger partial charge in [-0.25, -0.2) is 0 Å². The van der Waals surface area contributed by atoms with Crippen LogP contribution in [-0.2, 0) is 5.88 Å². The number of para-hydroxylation sites is 1. The second kappa shape index (κ2) is 11.7. The largest absolute Gasteiger partial charge is 0.490 e. The van der Waals surface area contributed by atoms with Crippen LogP contribution in [0.25, 0.3) is 0 Å². The van der Waals surface area contributed by atoms with Crippen LogP contribution in [0.2, 0.25) is 0 Å². The molecule has 0 heterocycles. The van der Waals surface area contributed by atoms with Crippen LogP contribution < -0.4 is 9.47 Å². The van der Waals surface area contributed by atoms with Crippen LogP contribution in [0.1, 0.15) is 64.4 Å². The zero-order valence-electron chi connectivity index (χ0n) is 13.5. The van der Waals surface area contributed by atoms with Gasteiger partial charge < -0.3 is 9.47 Å². The lowest BCUT2D eigenvalue weighted by molar-refractivity contribution is 0.268. The van der Waals surface area contributed by atoms with Gasteiger partial charge in [-0.15, -0.1) is 11.6 Å². The molecule has 2 nitrogen and oxygen atoms in total. The molecule has 1 aromatic carbocycles. The molecule has 1 aromatic rings. The highest BCUT2D eigenvalue weighted by atomic mass is 35.5. The number of halogens is 1. The molecule has 0 saturated heterocycles. The maximum absolute atomic E-state index is 5.98. The second-order valence-corrected chi connectivity index (χ2v) is 5.55. The Bertz CT molecular complexity index is 379. The summed E-state index contributed by atoms with van der Waals surface area (Å²) in [6, 6.07) is 5.90. The lowest BCUT2D eigenvalue weighted by Gasteiger charge is -2.14. The minimum Gasteiger partial charge on any atom is -0.490 e. The summed E-state index contributed by atoms with van der Waals surface area (Å²) in [5, 5.41) is 0. The van der Waals surface area contributed by atoms with Crippen LogP contribution in [0, 0.1) is 0 Å². The van der Waals surface area contributed by atoms with E-state index >= 15 is 0 Å². The third-order valence-corrected chi connectivity index (χ3v) is 3.79. The monoisotopic (exact) mass is 312 g/mol. The van der Waals surface area contributed by atoms with Gasteiger partial charge in [0.05, 0.1) is 19.1 Å². The molecule has 0 aliphatic carbocycles. The number of alkyl halides is 1. The quantitative estimate of drug-likeness (QED) is 0.350. The fraction of sp³-hybridized carbons (Fsp3) is 0.667. The predicted molar refractivity (Wildman–Crippen MR) is 90.7 cm³/mol. The van der Waals surface area contributed by atoms with Gasteiger partial charge in [-0.1, -0.05) is 57.6 Å². The van der Waals surface area contributed by atoms with Crippen molar-refractivity contribution in [3.63, 3.8) is 0 Å². The molecule has 0 aliphatic rings. The highest BCUT2D eigenvalue weighted by Gasteiger charge is 2.10. The Kier molecular flexibility index (Phi) is 10.1. The average Bonchev–Trinajstić information content (AvgIpc) is 2.51. The van der Waals surface area contributed by atoms with Crippen molar-refractivity contribution in [2.75, 3.05) is 13.2 Å². The van der Waals surface area contributed by atoms with Gasteiger partial charge in [0.1, 0.15) is 0 Å². The molecule has 0 N–H and O–H groups in total. The first-order valence-electron chi connectivity index (χ1n) is 8.26. The van der Waals surface area contributed by atoms with E-state index in [9.17, 15) is 0 Å². The summed E-state index contributed by atoms with van der Waals surface area (Å²) in [5.41, 5.74) is 1.01. The lowest BCUT2D eigenvalue weighted by atomic mass is 10.1. The van der Waals surface area contributed by atoms with Crippen molar-refractivity contribution in [1.82, 2.24) is 0 Å². The molecular weight excluding hydrogens is 284 g/mol. The van der Waals surface area contributed by atoms with Crippen molar-refractivity contribution < 1.29 is 9.47 Å². The first-order chi connectivity index (χ1) is 10.3. The van der Waals surface area contributed by atoms with E-state index in [1.807, 2.05) is 25.1 Å². The smallest absolute Gasteiger partial charge is 0.165 e. The molecule has 0 aliphatic heterocycles. The Morgan fingerprint density at radius 1 is 0.905 bits per heavy atom. The van der Waals surface area contributed by atoms with Gasteiger partial charge in [0.2, 0.25) is 0 Å². The van der Waals surface area contributed by atoms with Gasteiger partial charge in [0.25, 0.3) is 0 Å². The Morgan fingerprint density at radius 3 is 2.29 bits per heavy atom. The van der Waals surface area contributed by atoms with Crippen molar-refractivity contribution in [3.05, 3.63) is 23.8 Å². The topological polar surface area (TPSA) is 18.5 Å². The predicted octanol–water partition coefficient (Wildman–Crippen LogP) is 5.95. The minimum atomic E-state index is 0.452. The first-order valence-corrected chi connectivity index (χ1v) is 8.80. The summed E-state index contributed by atoms with van der Waals surface area (Å²) in [4.78, 5) is 0. The van der Waals surface area contributed by atoms with Gasteiger partial charge in [-0.05, 0) is 19.4 Å². The Labute approximate surface area is 134 Å². The van der Waals surface area contributed by atoms with Crippen LogP contribution in [-0.4, -0.2) is 13.2 Å². The van der Waals surface area contributed by atoms with E-state index in [2.05, 4.69) is 6.92 Å². The van der Waals surface area contributed by atoms with Crippen molar-refractivity contribution in [2.45, 2.75) is 64.7 Å². The van der Waals surface area contributed by atoms with E-state index in [0.29, 0.717) is 12.5 Å². The standard InChI is InChI=1S/C18H29ClO2/c1-3-5-6-7-8-9-10-14-21-18-16(15-19)12-11-13-17(18)20-4-2/h11-13H,3-10,14-15H2,1-2H3. The summed E-state index contributed by atoms with van der Waals surface area (Å²) < 4.78 is 11.5. The van der Waals surface area contributed by atoms with E-state index < -0.39 is 0 Å². The van der Waals surface area contributed by atoms with Gasteiger partial charge >= 0.3 is 0 Å². The third-order valence-electron chi connectivity index (χ3n) is 3.50. The zero-order chi connectivity index (χ0) is 15.3. The first kappa shape index (κ1) is 18.2. The summed E-state index contributed by atoms with van der Waals surface area (Å²) in [6.45, 7) is 5.60. The SMILES string of the molecule is CCCCCCCCCOc1c(CCl)cccc1OCC. The maximum atomic E-state index is 5.98. The van der Waals surface area contributed by atoms with Crippen molar-refractivity contribution >= 4 is 11.6 Å². The average molecular weight is 313 g/mol. The van der Waals surface area contributed by atoms with E-state index in [1.165, 1.54) is 38.5 Å². The lowest BCUT2D eigenvalue weighted by Crippen LogP contribution is -2.03. The fourth-order valence-corrected chi connectivity index (χ4v) is 2.54. The van der Waals surface area contributed by atoms with Crippen molar-refractivity contribution in [3.8, 4) is 11.5 Å². The second-order valence-electron chi connectivity index (χ2n) is 5.28. The van der Waals surface area contributed by atoms with Gasteiger partial charge in [0, 0.05) is 5.56 Å². The highest BCUT2D eigenvalue weighted by Crippen LogP contribution is 2.32. The number of ether oxygens (including phenoxy) is 2. The molecule has 120 valence electrons. The third kappa shape index (κ3) is 7.08. The molecule has 0 saturated carbocycles. The fourth-order valence-electron chi connectivity index (χ4n) is 2.33. The molecule has 0 amide bonds. The van der Waals surface area contributed by atoms with Crippen LogP contribution in [0.3, 0.4) is 0 Å². The van der Waals surface area contributed by atoms with E-state index in [1.54, 1.807) is 0 Å². The van der Waals surface area contributed by atoms with Crippen LogP contribution in [0.4, 0.5) is 0 Å². The molecule has 21 heavy (non-hydrogen) atoms. The normalized spacial score (nSPS) is 10.6. The van der Waals surface area contributed by atoms with E-state index in [0.717, 1.165) is 30.1 Å².